The Morgan fingerprint density at radius 1 is 1.44 bits per heavy atom. The largest absolute Gasteiger partial charge is 0.449 e. The number of anilines is 1. The predicted molar refractivity (Wildman–Crippen MR) is 129 cm³/mol. The van der Waals surface area contributed by atoms with Crippen LogP contribution in [0.3, 0.4) is 0 Å². The summed E-state index contributed by atoms with van der Waals surface area (Å²) in [6, 6.07) is 2.23. The number of carbonyl (C=O) groups excluding carboxylic acids is 2. The standard InChI is InChI=1S/C24H30N4O3S/c1-6-17(13-26-4)8-10-22(29)27-23-20(12-25)19-9-7-18(11-21(19)32-23)15-31-24(30)28(5)14-16(2)3/h6,8,10,13,16,18H,1,4,7,9,11,14-15H2,2-3,5H3,(H,27,29)/b10-8+,17-13+. The smallest absolute Gasteiger partial charge is 0.409 e. The molecule has 0 fully saturated rings. The van der Waals surface area contributed by atoms with Crippen LogP contribution in [0.2, 0.25) is 0 Å². The molecular formula is C24H30N4O3S. The third-order valence-electron chi connectivity index (χ3n) is 5.01. The second-order valence-corrected chi connectivity index (χ2v) is 9.22. The van der Waals surface area contributed by atoms with E-state index >= 15 is 0 Å². The van der Waals surface area contributed by atoms with Gasteiger partial charge in [-0.25, -0.2) is 4.79 Å². The molecule has 8 heteroatoms. The first-order chi connectivity index (χ1) is 15.3. The van der Waals surface area contributed by atoms with Crippen LogP contribution in [0.4, 0.5) is 9.80 Å². The molecule has 0 bridgehead atoms. The number of hydrogen-bond acceptors (Lipinski definition) is 6. The molecule has 0 radical (unpaired) electrons. The lowest BCUT2D eigenvalue weighted by atomic mass is 9.88. The van der Waals surface area contributed by atoms with E-state index in [1.165, 1.54) is 23.6 Å². The van der Waals surface area contributed by atoms with Crippen LogP contribution in [0.1, 0.15) is 36.3 Å². The van der Waals surface area contributed by atoms with E-state index in [-0.39, 0.29) is 17.9 Å². The van der Waals surface area contributed by atoms with Crippen LogP contribution in [0.5, 0.6) is 0 Å². The molecule has 1 aromatic rings. The van der Waals surface area contributed by atoms with E-state index in [0.717, 1.165) is 29.7 Å². The van der Waals surface area contributed by atoms with E-state index in [2.05, 4.69) is 43.5 Å². The van der Waals surface area contributed by atoms with Crippen molar-refractivity contribution in [1.29, 1.82) is 5.26 Å². The molecule has 0 saturated carbocycles. The molecular weight excluding hydrogens is 424 g/mol. The molecule has 1 atom stereocenters. The first-order valence-electron chi connectivity index (χ1n) is 10.5. The Morgan fingerprint density at radius 2 is 2.19 bits per heavy atom. The average Bonchev–Trinajstić information content (AvgIpc) is 3.10. The number of thiophene rings is 1. The van der Waals surface area contributed by atoms with E-state index in [4.69, 9.17) is 4.74 Å². The van der Waals surface area contributed by atoms with Gasteiger partial charge in [0.2, 0.25) is 5.91 Å². The van der Waals surface area contributed by atoms with Crippen LogP contribution >= 0.6 is 11.3 Å². The van der Waals surface area contributed by atoms with Crippen molar-refractivity contribution in [2.24, 2.45) is 16.8 Å². The van der Waals surface area contributed by atoms with Crippen LogP contribution in [0.25, 0.3) is 0 Å². The minimum Gasteiger partial charge on any atom is -0.449 e. The van der Waals surface area contributed by atoms with Gasteiger partial charge in [-0.1, -0.05) is 26.5 Å². The van der Waals surface area contributed by atoms with Crippen molar-refractivity contribution >= 4 is 35.1 Å². The number of rotatable bonds is 9. The summed E-state index contributed by atoms with van der Waals surface area (Å²) in [5.74, 6) is 0.233. The molecule has 1 aliphatic rings. The topological polar surface area (TPSA) is 94.8 Å². The number of fused-ring (bicyclic) bond motifs is 1. The average molecular weight is 455 g/mol. The zero-order chi connectivity index (χ0) is 23.7. The first-order valence-corrected chi connectivity index (χ1v) is 11.3. The maximum absolute atomic E-state index is 12.3. The SMILES string of the molecule is C=CC(/C=C/C(=O)Nc1sc2c(c1C#N)CCC(COC(=O)N(C)CC(C)C)C2)=C\N=C. The van der Waals surface area contributed by atoms with Crippen LogP contribution in [0.15, 0.2) is 41.6 Å². The highest BCUT2D eigenvalue weighted by Gasteiger charge is 2.27. The second-order valence-electron chi connectivity index (χ2n) is 8.12. The molecule has 2 rings (SSSR count). The molecule has 0 aliphatic heterocycles. The number of nitrogens with one attached hydrogen (secondary N) is 1. The van der Waals surface area contributed by atoms with Crippen molar-refractivity contribution in [3.63, 3.8) is 0 Å². The summed E-state index contributed by atoms with van der Waals surface area (Å²) in [5, 5.41) is 13.0. The molecule has 1 unspecified atom stereocenters. The molecule has 1 heterocycles. The Kier molecular flexibility index (Phi) is 9.41. The van der Waals surface area contributed by atoms with Gasteiger partial charge in [-0.15, -0.1) is 11.3 Å². The summed E-state index contributed by atoms with van der Waals surface area (Å²) in [7, 11) is 1.74. The van der Waals surface area contributed by atoms with Gasteiger partial charge in [-0.3, -0.25) is 9.79 Å². The Hall–Kier alpha value is -3.18. The number of nitriles is 1. The summed E-state index contributed by atoms with van der Waals surface area (Å²) >= 11 is 1.42. The van der Waals surface area contributed by atoms with Gasteiger partial charge in [0.1, 0.15) is 11.1 Å². The summed E-state index contributed by atoms with van der Waals surface area (Å²) in [6.07, 6.45) is 7.97. The first kappa shape index (κ1) is 25.1. The van der Waals surface area contributed by atoms with E-state index < -0.39 is 0 Å². The van der Waals surface area contributed by atoms with Crippen LogP contribution in [0, 0.1) is 23.2 Å². The van der Waals surface area contributed by atoms with Gasteiger partial charge < -0.3 is 15.0 Å². The molecule has 0 aromatic carbocycles. The Labute approximate surface area is 193 Å². The Morgan fingerprint density at radius 3 is 2.81 bits per heavy atom. The minimum atomic E-state index is -0.337. The number of allylic oxidation sites excluding steroid dienone is 3. The fraction of sp³-hybridized carbons (Fsp3) is 0.417. The highest BCUT2D eigenvalue weighted by molar-refractivity contribution is 7.16. The Balaban J connectivity index is 2.02. The molecule has 32 heavy (non-hydrogen) atoms. The maximum Gasteiger partial charge on any atom is 0.409 e. The zero-order valence-corrected chi connectivity index (χ0v) is 19.7. The van der Waals surface area contributed by atoms with Crippen LogP contribution in [-0.2, 0) is 22.4 Å². The summed E-state index contributed by atoms with van der Waals surface area (Å²) < 4.78 is 5.49. The number of carbonyl (C=O) groups is 2. The molecule has 1 aliphatic carbocycles. The van der Waals surface area contributed by atoms with E-state index in [9.17, 15) is 14.9 Å². The zero-order valence-electron chi connectivity index (χ0n) is 18.9. The van der Waals surface area contributed by atoms with Crippen molar-refractivity contribution in [3.8, 4) is 6.07 Å². The highest BCUT2D eigenvalue weighted by atomic mass is 32.1. The quantitative estimate of drug-likeness (QED) is 0.332. The number of hydrogen-bond donors (Lipinski definition) is 1. The fourth-order valence-electron chi connectivity index (χ4n) is 3.52. The summed E-state index contributed by atoms with van der Waals surface area (Å²) in [5.41, 5.74) is 2.16. The predicted octanol–water partition coefficient (Wildman–Crippen LogP) is 4.71. The third-order valence-corrected chi connectivity index (χ3v) is 6.18. The third kappa shape index (κ3) is 6.92. The van der Waals surface area contributed by atoms with Gasteiger partial charge in [0.25, 0.3) is 0 Å². The van der Waals surface area contributed by atoms with E-state index in [0.29, 0.717) is 35.2 Å². The van der Waals surface area contributed by atoms with Gasteiger partial charge in [-0.2, -0.15) is 5.26 Å². The highest BCUT2D eigenvalue weighted by Crippen LogP contribution is 2.39. The number of ether oxygens (including phenoxy) is 1. The molecule has 2 amide bonds. The van der Waals surface area contributed by atoms with Gasteiger partial charge >= 0.3 is 6.09 Å². The van der Waals surface area contributed by atoms with Gasteiger partial charge in [0.05, 0.1) is 12.2 Å². The normalized spacial score (nSPS) is 15.7. The molecule has 0 saturated heterocycles. The van der Waals surface area contributed by atoms with Crippen molar-refractivity contribution in [1.82, 2.24) is 4.90 Å². The Bertz CT molecular complexity index is 969. The van der Waals surface area contributed by atoms with Crippen LogP contribution in [-0.4, -0.2) is 43.8 Å². The number of nitrogens with zero attached hydrogens (tertiary/aromatic N) is 3. The van der Waals surface area contributed by atoms with Crippen LogP contribution < -0.4 is 5.32 Å². The molecule has 170 valence electrons. The van der Waals surface area contributed by atoms with Gasteiger partial charge in [0.15, 0.2) is 0 Å². The van der Waals surface area contributed by atoms with Gasteiger partial charge in [0, 0.05) is 30.7 Å². The molecule has 7 nitrogen and oxygen atoms in total. The monoisotopic (exact) mass is 454 g/mol. The lowest BCUT2D eigenvalue weighted by Crippen LogP contribution is -2.32. The lowest BCUT2D eigenvalue weighted by molar-refractivity contribution is -0.111. The fourth-order valence-corrected chi connectivity index (χ4v) is 4.83. The summed E-state index contributed by atoms with van der Waals surface area (Å²) in [6.45, 7) is 12.1. The van der Waals surface area contributed by atoms with Crippen molar-refractivity contribution in [2.75, 3.05) is 25.5 Å². The molecule has 0 spiro atoms. The number of aliphatic imine (C=N–C) groups is 1. The lowest BCUT2D eigenvalue weighted by Gasteiger charge is -2.24. The second kappa shape index (κ2) is 12.0. The maximum atomic E-state index is 12.3. The van der Waals surface area contributed by atoms with Crippen molar-refractivity contribution in [2.45, 2.75) is 33.1 Å². The van der Waals surface area contributed by atoms with E-state index in [1.54, 1.807) is 24.1 Å². The number of amides is 2. The summed E-state index contributed by atoms with van der Waals surface area (Å²) in [4.78, 5) is 30.8. The minimum absolute atomic E-state index is 0.194. The van der Waals surface area contributed by atoms with Crippen molar-refractivity contribution < 1.29 is 14.3 Å². The van der Waals surface area contributed by atoms with E-state index in [1.807, 2.05) is 0 Å². The van der Waals surface area contributed by atoms with Crippen molar-refractivity contribution in [3.05, 3.63) is 52.6 Å². The van der Waals surface area contributed by atoms with Gasteiger partial charge in [-0.05, 0) is 55.0 Å². The molecule has 1 aromatic heterocycles. The molecule has 1 N–H and O–H groups in total.